The van der Waals surface area contributed by atoms with Crippen molar-refractivity contribution in [1.29, 1.82) is 5.26 Å². The average Bonchev–Trinajstić information content (AvgIpc) is 2.74. The predicted molar refractivity (Wildman–Crippen MR) is 116 cm³/mol. The molecular weight excluding hydrogens is 370 g/mol. The van der Waals surface area contributed by atoms with Crippen LogP contribution >= 0.6 is 11.9 Å². The van der Waals surface area contributed by atoms with Crippen LogP contribution in [-0.4, -0.2) is 54.5 Å². The van der Waals surface area contributed by atoms with Crippen LogP contribution in [0.5, 0.6) is 0 Å². The summed E-state index contributed by atoms with van der Waals surface area (Å²) in [7, 11) is 0. The summed E-state index contributed by atoms with van der Waals surface area (Å²) < 4.78 is 3.35. The van der Waals surface area contributed by atoms with Crippen molar-refractivity contribution in [3.63, 3.8) is 0 Å². The Balaban J connectivity index is 1.79. The second-order valence-electron chi connectivity index (χ2n) is 6.91. The fraction of sp³-hybridized carbons (Fsp3) is 0.450. The first-order valence-corrected chi connectivity index (χ1v) is 10.6. The molecule has 8 heteroatoms. The fourth-order valence-electron chi connectivity index (χ4n) is 2.91. The lowest BCUT2D eigenvalue weighted by Gasteiger charge is -2.28. The first-order valence-electron chi connectivity index (χ1n) is 9.62. The Morgan fingerprint density at radius 1 is 1.25 bits per heavy atom. The zero-order chi connectivity index (χ0) is 19.8. The minimum atomic E-state index is 0.456. The number of nitrogens with one attached hydrogen (secondary N) is 3. The van der Waals surface area contributed by atoms with E-state index >= 15 is 0 Å². The molecule has 0 atom stereocenters. The van der Waals surface area contributed by atoms with Crippen LogP contribution in [0.1, 0.15) is 19.4 Å². The molecule has 0 unspecified atom stereocenters. The maximum absolute atomic E-state index is 9.03. The molecule has 1 aliphatic rings. The molecule has 148 valence electrons. The summed E-state index contributed by atoms with van der Waals surface area (Å²) in [6.07, 6.45) is 1.88. The van der Waals surface area contributed by atoms with E-state index in [0.717, 1.165) is 61.4 Å². The molecule has 0 radical (unpaired) electrons. The highest BCUT2D eigenvalue weighted by Gasteiger charge is 2.16. The minimum absolute atomic E-state index is 0.456. The zero-order valence-corrected chi connectivity index (χ0v) is 17.2. The van der Waals surface area contributed by atoms with Crippen LogP contribution in [-0.2, 0) is 0 Å². The van der Waals surface area contributed by atoms with Crippen LogP contribution < -0.4 is 20.3 Å². The maximum Gasteiger partial charge on any atom is 0.227 e. The van der Waals surface area contributed by atoms with Gasteiger partial charge in [-0.1, -0.05) is 24.1 Å². The van der Waals surface area contributed by atoms with E-state index in [1.807, 2.05) is 30.5 Å². The molecule has 1 aliphatic heterocycles. The molecule has 1 aromatic carbocycles. The van der Waals surface area contributed by atoms with Gasteiger partial charge in [-0.3, -0.25) is 4.72 Å². The van der Waals surface area contributed by atoms with Gasteiger partial charge in [0.15, 0.2) is 0 Å². The Bertz CT molecular complexity index is 795. The topological polar surface area (TPSA) is 88.9 Å². The quantitative estimate of drug-likeness (QED) is 0.462. The number of anilines is 2. The van der Waals surface area contributed by atoms with E-state index in [0.29, 0.717) is 11.6 Å². The van der Waals surface area contributed by atoms with Crippen LogP contribution in [0, 0.1) is 11.3 Å². The molecule has 0 amide bonds. The smallest absolute Gasteiger partial charge is 0.227 e. The van der Waals surface area contributed by atoms with Crippen molar-refractivity contribution in [2.24, 2.45) is 0 Å². The van der Waals surface area contributed by atoms with Gasteiger partial charge < -0.3 is 15.5 Å². The van der Waals surface area contributed by atoms with Crippen molar-refractivity contribution >= 4 is 23.7 Å². The van der Waals surface area contributed by atoms with Crippen LogP contribution in [0.15, 0.2) is 30.5 Å². The number of rotatable bonds is 8. The maximum atomic E-state index is 9.03. The van der Waals surface area contributed by atoms with Crippen LogP contribution in [0.3, 0.4) is 0 Å². The molecule has 28 heavy (non-hydrogen) atoms. The van der Waals surface area contributed by atoms with E-state index in [9.17, 15) is 0 Å². The van der Waals surface area contributed by atoms with Gasteiger partial charge in [-0.15, -0.1) is 0 Å². The van der Waals surface area contributed by atoms with Crippen molar-refractivity contribution in [2.45, 2.75) is 19.9 Å². The zero-order valence-electron chi connectivity index (χ0n) is 16.4. The third kappa shape index (κ3) is 5.58. The molecule has 3 rings (SSSR count). The molecule has 0 bridgehead atoms. The van der Waals surface area contributed by atoms with E-state index in [1.54, 1.807) is 11.9 Å². The lowest BCUT2D eigenvalue weighted by Crippen LogP contribution is -2.44. The van der Waals surface area contributed by atoms with E-state index in [4.69, 9.17) is 10.2 Å². The average molecular weight is 398 g/mol. The number of benzene rings is 1. The number of hydrogen-bond donors (Lipinski definition) is 3. The lowest BCUT2D eigenvalue weighted by molar-refractivity contribution is 0.580. The van der Waals surface area contributed by atoms with Gasteiger partial charge >= 0.3 is 0 Å². The number of piperazine rings is 1. The van der Waals surface area contributed by atoms with E-state index in [2.05, 4.69) is 45.2 Å². The molecule has 0 spiro atoms. The van der Waals surface area contributed by atoms with Crippen LogP contribution in [0.2, 0.25) is 0 Å². The highest BCUT2D eigenvalue weighted by molar-refractivity contribution is 7.97. The van der Waals surface area contributed by atoms with Crippen molar-refractivity contribution in [2.75, 3.05) is 48.7 Å². The Morgan fingerprint density at radius 2 is 2.00 bits per heavy atom. The Kier molecular flexibility index (Phi) is 7.48. The summed E-state index contributed by atoms with van der Waals surface area (Å²) in [4.78, 5) is 11.7. The predicted octanol–water partition coefficient (Wildman–Crippen LogP) is 2.48. The van der Waals surface area contributed by atoms with Gasteiger partial charge in [0.1, 0.15) is 5.82 Å². The van der Waals surface area contributed by atoms with Gasteiger partial charge in [-0.25, -0.2) is 4.98 Å². The molecule has 0 aliphatic carbocycles. The minimum Gasteiger partial charge on any atom is -0.369 e. The van der Waals surface area contributed by atoms with E-state index in [-0.39, 0.29) is 0 Å². The summed E-state index contributed by atoms with van der Waals surface area (Å²) in [5.41, 5.74) is 2.60. The van der Waals surface area contributed by atoms with Crippen molar-refractivity contribution in [1.82, 2.24) is 20.0 Å². The molecule has 7 nitrogen and oxygen atoms in total. The summed E-state index contributed by atoms with van der Waals surface area (Å²) in [6, 6.07) is 10.2. The lowest BCUT2D eigenvalue weighted by atomic mass is 10.1. The molecule has 3 N–H and O–H groups in total. The summed E-state index contributed by atoms with van der Waals surface area (Å²) >= 11 is 1.71. The Labute approximate surface area is 171 Å². The molecule has 1 saturated heterocycles. The van der Waals surface area contributed by atoms with Crippen LogP contribution in [0.4, 0.5) is 11.8 Å². The second kappa shape index (κ2) is 10.3. The fourth-order valence-corrected chi connectivity index (χ4v) is 3.56. The normalized spacial score (nSPS) is 14.1. The summed E-state index contributed by atoms with van der Waals surface area (Å²) in [6.45, 7) is 8.77. The monoisotopic (exact) mass is 397 g/mol. The molecule has 1 fully saturated rings. The summed E-state index contributed by atoms with van der Waals surface area (Å²) in [5, 5.41) is 15.9. The van der Waals surface area contributed by atoms with Gasteiger partial charge in [-0.05, 0) is 31.5 Å². The first-order chi connectivity index (χ1) is 13.7. The Hall–Kier alpha value is -2.34. The van der Waals surface area contributed by atoms with Crippen molar-refractivity contribution in [3.8, 4) is 17.2 Å². The van der Waals surface area contributed by atoms with Gasteiger partial charge in [0.05, 0.1) is 11.6 Å². The van der Waals surface area contributed by atoms with Crippen molar-refractivity contribution in [3.05, 3.63) is 36.0 Å². The number of nitrogens with zero attached hydrogens (tertiary/aromatic N) is 4. The molecular formula is C20H27N7S. The van der Waals surface area contributed by atoms with Gasteiger partial charge in [0.25, 0.3) is 0 Å². The third-order valence-electron chi connectivity index (χ3n) is 4.32. The Morgan fingerprint density at radius 3 is 2.68 bits per heavy atom. The SMILES string of the molecule is CC(C)NSCCNc1nc(N2CCNCC2)ncc1-c1ccc(C#N)cc1. The standard InChI is InChI=1S/C20H27N7S/c1-15(2)26-28-12-9-23-19-18(17-5-3-16(13-21)4-6-17)14-24-20(25-19)27-10-7-22-8-11-27/h3-6,14-15,22,26H,7-12H2,1-2H3,(H,23,24,25). The van der Waals surface area contributed by atoms with Crippen LogP contribution in [0.25, 0.3) is 11.1 Å². The molecule has 2 aromatic rings. The number of aromatic nitrogens is 2. The van der Waals surface area contributed by atoms with E-state index in [1.165, 1.54) is 0 Å². The first kappa shape index (κ1) is 20.4. The van der Waals surface area contributed by atoms with Gasteiger partial charge in [0, 0.05) is 56.3 Å². The third-order valence-corrected chi connectivity index (χ3v) is 5.36. The molecule has 1 aromatic heterocycles. The number of hydrogen-bond acceptors (Lipinski definition) is 8. The summed E-state index contributed by atoms with van der Waals surface area (Å²) in [5.74, 6) is 2.52. The molecule has 0 saturated carbocycles. The second-order valence-corrected chi connectivity index (χ2v) is 7.84. The van der Waals surface area contributed by atoms with E-state index < -0.39 is 0 Å². The van der Waals surface area contributed by atoms with Crippen molar-refractivity contribution < 1.29 is 0 Å². The largest absolute Gasteiger partial charge is 0.369 e. The number of nitriles is 1. The van der Waals surface area contributed by atoms with Gasteiger partial charge in [0.2, 0.25) is 5.95 Å². The highest BCUT2D eigenvalue weighted by atomic mass is 32.2. The van der Waals surface area contributed by atoms with Gasteiger partial charge in [-0.2, -0.15) is 10.2 Å². The molecule has 2 heterocycles. The highest BCUT2D eigenvalue weighted by Crippen LogP contribution is 2.28.